The van der Waals surface area contributed by atoms with Crippen molar-refractivity contribution in [2.75, 3.05) is 13.1 Å². The van der Waals surface area contributed by atoms with Gasteiger partial charge in [-0.05, 0) is 37.2 Å². The number of carbonyl (C=O) groups is 1. The minimum absolute atomic E-state index is 0. The molecular weight excluding hydrogens is 296 g/mol. The standard InChI is InChI=1S/C18H28N2O.ClH/c1-4-10-18(3,19)16(21)20-13-11-17(2,12-14-20)15-8-6-5-7-9-15;/h5-9H,4,10-14,19H2,1-3H3;1H. The zero-order chi connectivity index (χ0) is 15.5. The third-order valence-corrected chi connectivity index (χ3v) is 4.88. The van der Waals surface area contributed by atoms with Crippen LogP contribution in [0.4, 0.5) is 0 Å². The van der Waals surface area contributed by atoms with Crippen molar-refractivity contribution in [3.63, 3.8) is 0 Å². The van der Waals surface area contributed by atoms with Crippen LogP contribution in [0.5, 0.6) is 0 Å². The van der Waals surface area contributed by atoms with Crippen LogP contribution in [0, 0.1) is 0 Å². The average Bonchev–Trinajstić information content (AvgIpc) is 2.48. The molecule has 0 saturated carbocycles. The van der Waals surface area contributed by atoms with E-state index in [-0.39, 0.29) is 23.7 Å². The normalized spacial score (nSPS) is 19.9. The van der Waals surface area contributed by atoms with Gasteiger partial charge in [-0.1, -0.05) is 50.6 Å². The number of nitrogens with zero attached hydrogens (tertiary/aromatic N) is 1. The molecule has 1 aromatic rings. The summed E-state index contributed by atoms with van der Waals surface area (Å²) in [5.74, 6) is 0.111. The first kappa shape index (κ1) is 19.0. The summed E-state index contributed by atoms with van der Waals surface area (Å²) >= 11 is 0. The van der Waals surface area contributed by atoms with Gasteiger partial charge in [-0.25, -0.2) is 0 Å². The molecule has 22 heavy (non-hydrogen) atoms. The van der Waals surface area contributed by atoms with Gasteiger partial charge in [-0.3, -0.25) is 4.79 Å². The SMILES string of the molecule is CCCC(C)(N)C(=O)N1CCC(C)(c2ccccc2)CC1.Cl. The summed E-state index contributed by atoms with van der Waals surface area (Å²) in [5.41, 5.74) is 7.03. The van der Waals surface area contributed by atoms with Crippen LogP contribution in [-0.2, 0) is 10.2 Å². The molecule has 1 heterocycles. The number of halogens is 1. The smallest absolute Gasteiger partial charge is 0.242 e. The molecule has 1 amide bonds. The van der Waals surface area contributed by atoms with Crippen LogP contribution < -0.4 is 5.73 Å². The van der Waals surface area contributed by atoms with E-state index in [1.165, 1.54) is 5.56 Å². The van der Waals surface area contributed by atoms with Crippen LogP contribution in [0.25, 0.3) is 0 Å². The summed E-state index contributed by atoms with van der Waals surface area (Å²) in [5, 5.41) is 0. The molecule has 1 fully saturated rings. The van der Waals surface area contributed by atoms with Gasteiger partial charge >= 0.3 is 0 Å². The van der Waals surface area contributed by atoms with Crippen molar-refractivity contribution in [2.45, 2.75) is 57.4 Å². The van der Waals surface area contributed by atoms with E-state index in [4.69, 9.17) is 5.73 Å². The van der Waals surface area contributed by atoms with E-state index in [0.29, 0.717) is 0 Å². The second-order valence-electron chi connectivity index (χ2n) is 6.89. The van der Waals surface area contributed by atoms with E-state index in [0.717, 1.165) is 38.8 Å². The summed E-state index contributed by atoms with van der Waals surface area (Å²) in [6.07, 6.45) is 3.70. The quantitative estimate of drug-likeness (QED) is 0.921. The lowest BCUT2D eigenvalue weighted by Gasteiger charge is -2.42. The molecule has 1 aromatic carbocycles. The maximum atomic E-state index is 12.6. The molecule has 1 atom stereocenters. The van der Waals surface area contributed by atoms with Crippen molar-refractivity contribution in [3.05, 3.63) is 35.9 Å². The minimum Gasteiger partial charge on any atom is -0.341 e. The van der Waals surface area contributed by atoms with Gasteiger partial charge in [-0.2, -0.15) is 0 Å². The number of benzene rings is 1. The van der Waals surface area contributed by atoms with E-state index in [1.54, 1.807) is 0 Å². The van der Waals surface area contributed by atoms with Crippen LogP contribution >= 0.6 is 12.4 Å². The number of carbonyl (C=O) groups excluding carboxylic acids is 1. The molecule has 2 rings (SSSR count). The molecule has 1 aliphatic rings. The van der Waals surface area contributed by atoms with Crippen LogP contribution in [-0.4, -0.2) is 29.4 Å². The predicted octanol–water partition coefficient (Wildman–Crippen LogP) is 3.51. The Bertz CT molecular complexity index is 479. The first-order valence-electron chi connectivity index (χ1n) is 8.03. The molecular formula is C18H29ClN2O. The second-order valence-corrected chi connectivity index (χ2v) is 6.89. The topological polar surface area (TPSA) is 46.3 Å². The van der Waals surface area contributed by atoms with Crippen molar-refractivity contribution >= 4 is 18.3 Å². The molecule has 4 heteroatoms. The van der Waals surface area contributed by atoms with Crippen molar-refractivity contribution < 1.29 is 4.79 Å². The van der Waals surface area contributed by atoms with Gasteiger partial charge in [0.05, 0.1) is 5.54 Å². The minimum atomic E-state index is -0.713. The molecule has 0 spiro atoms. The third-order valence-electron chi connectivity index (χ3n) is 4.88. The van der Waals surface area contributed by atoms with E-state index in [1.807, 2.05) is 11.8 Å². The van der Waals surface area contributed by atoms with Crippen molar-refractivity contribution in [1.29, 1.82) is 0 Å². The van der Waals surface area contributed by atoms with Crippen LogP contribution in [0.15, 0.2) is 30.3 Å². The van der Waals surface area contributed by atoms with Crippen molar-refractivity contribution in [3.8, 4) is 0 Å². The highest BCUT2D eigenvalue weighted by Crippen LogP contribution is 2.35. The fourth-order valence-electron chi connectivity index (χ4n) is 3.32. The Morgan fingerprint density at radius 3 is 2.32 bits per heavy atom. The monoisotopic (exact) mass is 324 g/mol. The van der Waals surface area contributed by atoms with Gasteiger partial charge in [0.15, 0.2) is 0 Å². The van der Waals surface area contributed by atoms with Gasteiger partial charge in [0.25, 0.3) is 0 Å². The first-order chi connectivity index (χ1) is 9.89. The number of rotatable bonds is 4. The lowest BCUT2D eigenvalue weighted by Crippen LogP contribution is -2.56. The zero-order valence-corrected chi connectivity index (χ0v) is 14.8. The summed E-state index contributed by atoms with van der Waals surface area (Å²) in [6.45, 7) is 7.85. The van der Waals surface area contributed by atoms with Crippen LogP contribution in [0.1, 0.15) is 52.0 Å². The molecule has 3 nitrogen and oxygen atoms in total. The molecule has 0 radical (unpaired) electrons. The highest BCUT2D eigenvalue weighted by Gasteiger charge is 2.37. The van der Waals surface area contributed by atoms with E-state index in [9.17, 15) is 4.79 Å². The number of piperidine rings is 1. The highest BCUT2D eigenvalue weighted by atomic mass is 35.5. The van der Waals surface area contributed by atoms with Gasteiger partial charge < -0.3 is 10.6 Å². The van der Waals surface area contributed by atoms with Crippen LogP contribution in [0.2, 0.25) is 0 Å². The first-order valence-corrected chi connectivity index (χ1v) is 8.03. The molecule has 1 unspecified atom stereocenters. The summed E-state index contributed by atoms with van der Waals surface area (Å²) in [6, 6.07) is 10.6. The van der Waals surface area contributed by atoms with E-state index < -0.39 is 5.54 Å². The molecule has 1 aliphatic heterocycles. The lowest BCUT2D eigenvalue weighted by molar-refractivity contribution is -0.138. The zero-order valence-electron chi connectivity index (χ0n) is 14.0. The Kier molecular flexibility index (Phi) is 6.45. The number of amides is 1. The summed E-state index contributed by atoms with van der Waals surface area (Å²) in [7, 11) is 0. The number of nitrogens with two attached hydrogens (primary N) is 1. The van der Waals surface area contributed by atoms with Gasteiger partial charge in [0.1, 0.15) is 0 Å². The Morgan fingerprint density at radius 2 is 1.82 bits per heavy atom. The Hall–Kier alpha value is -1.06. The Morgan fingerprint density at radius 1 is 1.27 bits per heavy atom. The fraction of sp³-hybridized carbons (Fsp3) is 0.611. The number of hydrogen-bond acceptors (Lipinski definition) is 2. The molecule has 0 aliphatic carbocycles. The fourth-order valence-corrected chi connectivity index (χ4v) is 3.32. The number of likely N-dealkylation sites (tertiary alicyclic amines) is 1. The molecule has 0 bridgehead atoms. The molecule has 0 aromatic heterocycles. The Labute approximate surface area is 140 Å². The van der Waals surface area contributed by atoms with Crippen LogP contribution in [0.3, 0.4) is 0 Å². The number of hydrogen-bond donors (Lipinski definition) is 1. The van der Waals surface area contributed by atoms with Crippen molar-refractivity contribution in [1.82, 2.24) is 4.90 Å². The molecule has 2 N–H and O–H groups in total. The van der Waals surface area contributed by atoms with E-state index >= 15 is 0 Å². The third kappa shape index (κ3) is 4.02. The van der Waals surface area contributed by atoms with Gasteiger partial charge in [0.2, 0.25) is 5.91 Å². The summed E-state index contributed by atoms with van der Waals surface area (Å²) in [4.78, 5) is 14.5. The maximum Gasteiger partial charge on any atom is 0.242 e. The van der Waals surface area contributed by atoms with Gasteiger partial charge in [-0.15, -0.1) is 12.4 Å². The molecule has 124 valence electrons. The average molecular weight is 325 g/mol. The predicted molar refractivity (Wildman–Crippen MR) is 94.4 cm³/mol. The van der Waals surface area contributed by atoms with Crippen molar-refractivity contribution in [2.24, 2.45) is 5.73 Å². The van der Waals surface area contributed by atoms with Gasteiger partial charge in [0, 0.05) is 13.1 Å². The molecule has 1 saturated heterocycles. The summed E-state index contributed by atoms with van der Waals surface area (Å²) < 4.78 is 0. The highest BCUT2D eigenvalue weighted by molar-refractivity contribution is 5.86. The lowest BCUT2D eigenvalue weighted by atomic mass is 9.74. The Balaban J connectivity index is 0.00000242. The van der Waals surface area contributed by atoms with E-state index in [2.05, 4.69) is 44.2 Å². The largest absolute Gasteiger partial charge is 0.341 e. The maximum absolute atomic E-state index is 12.6. The second kappa shape index (κ2) is 7.47.